The molecular weight excluding hydrogens is 236 g/mol. The van der Waals surface area contributed by atoms with Gasteiger partial charge in [0, 0.05) is 19.7 Å². The summed E-state index contributed by atoms with van der Waals surface area (Å²) in [6.45, 7) is 3.08. The van der Waals surface area contributed by atoms with E-state index in [1.165, 1.54) is 0 Å². The van der Waals surface area contributed by atoms with Crippen LogP contribution in [0.25, 0.3) is 0 Å². The lowest BCUT2D eigenvalue weighted by Gasteiger charge is -2.32. The summed E-state index contributed by atoms with van der Waals surface area (Å²) in [4.78, 5) is 24.5. The maximum atomic E-state index is 11.9. The Labute approximate surface area is 107 Å². The van der Waals surface area contributed by atoms with E-state index in [1.807, 2.05) is 6.92 Å². The van der Waals surface area contributed by atoms with Crippen LogP contribution in [0.1, 0.15) is 32.6 Å². The Morgan fingerprint density at radius 3 is 2.78 bits per heavy atom. The van der Waals surface area contributed by atoms with Gasteiger partial charge in [-0.05, 0) is 25.2 Å². The number of likely N-dealkylation sites (tertiary alicyclic amines) is 1. The Morgan fingerprint density at radius 2 is 2.22 bits per heavy atom. The summed E-state index contributed by atoms with van der Waals surface area (Å²) in [5, 5.41) is 20.6. The molecule has 0 aromatic rings. The molecule has 6 nitrogen and oxygen atoms in total. The van der Waals surface area contributed by atoms with E-state index in [1.54, 1.807) is 4.90 Å². The van der Waals surface area contributed by atoms with E-state index in [0.717, 1.165) is 12.8 Å². The normalized spacial score (nSPS) is 21.4. The standard InChI is InChI=1S/C12H22N2O4/c1-2-4-10(11(16)17)13-12(18)14-6-3-5-9(7-14)8-15/h9-10,15H,2-8H2,1H3,(H,13,18)(H,16,17)/t9?,10-/m1/s1. The van der Waals surface area contributed by atoms with Crippen LogP contribution < -0.4 is 5.32 Å². The average Bonchev–Trinajstić information content (AvgIpc) is 2.38. The fourth-order valence-electron chi connectivity index (χ4n) is 2.18. The van der Waals surface area contributed by atoms with Crippen molar-refractivity contribution < 1.29 is 19.8 Å². The van der Waals surface area contributed by atoms with Gasteiger partial charge in [0.25, 0.3) is 0 Å². The summed E-state index contributed by atoms with van der Waals surface area (Å²) >= 11 is 0. The maximum absolute atomic E-state index is 11.9. The molecule has 1 saturated heterocycles. The molecule has 0 aromatic carbocycles. The third kappa shape index (κ3) is 4.18. The van der Waals surface area contributed by atoms with Gasteiger partial charge in [0.1, 0.15) is 6.04 Å². The monoisotopic (exact) mass is 258 g/mol. The molecule has 1 unspecified atom stereocenters. The van der Waals surface area contributed by atoms with Gasteiger partial charge in [-0.2, -0.15) is 0 Å². The molecule has 2 amide bonds. The molecule has 1 aliphatic heterocycles. The summed E-state index contributed by atoms with van der Waals surface area (Å²) in [6.07, 6.45) is 2.90. The maximum Gasteiger partial charge on any atom is 0.326 e. The quantitative estimate of drug-likeness (QED) is 0.675. The van der Waals surface area contributed by atoms with Crippen molar-refractivity contribution in [2.45, 2.75) is 38.6 Å². The molecule has 1 rings (SSSR count). The lowest BCUT2D eigenvalue weighted by atomic mass is 9.99. The van der Waals surface area contributed by atoms with Crippen molar-refractivity contribution in [3.63, 3.8) is 0 Å². The van der Waals surface area contributed by atoms with Crippen molar-refractivity contribution >= 4 is 12.0 Å². The summed E-state index contributed by atoms with van der Waals surface area (Å²) < 4.78 is 0. The number of hydrogen-bond acceptors (Lipinski definition) is 3. The highest BCUT2D eigenvalue weighted by molar-refractivity contribution is 5.82. The van der Waals surface area contributed by atoms with Gasteiger partial charge in [-0.1, -0.05) is 13.3 Å². The van der Waals surface area contributed by atoms with Crippen LogP contribution in [0.3, 0.4) is 0 Å². The Morgan fingerprint density at radius 1 is 1.50 bits per heavy atom. The fraction of sp³-hybridized carbons (Fsp3) is 0.833. The van der Waals surface area contributed by atoms with Crippen molar-refractivity contribution in [1.82, 2.24) is 10.2 Å². The van der Waals surface area contributed by atoms with E-state index in [0.29, 0.717) is 25.9 Å². The zero-order valence-corrected chi connectivity index (χ0v) is 10.8. The van der Waals surface area contributed by atoms with Crippen molar-refractivity contribution in [2.75, 3.05) is 19.7 Å². The molecule has 0 spiro atoms. The third-order valence-electron chi connectivity index (χ3n) is 3.24. The molecule has 1 heterocycles. The summed E-state index contributed by atoms with van der Waals surface area (Å²) in [5.41, 5.74) is 0. The first-order chi connectivity index (χ1) is 8.58. The molecule has 104 valence electrons. The van der Waals surface area contributed by atoms with Crippen LogP contribution in [-0.2, 0) is 4.79 Å². The van der Waals surface area contributed by atoms with Crippen molar-refractivity contribution in [2.24, 2.45) is 5.92 Å². The molecule has 1 fully saturated rings. The second-order valence-corrected chi connectivity index (χ2v) is 4.77. The molecule has 0 bridgehead atoms. The minimum Gasteiger partial charge on any atom is -0.480 e. The van der Waals surface area contributed by atoms with Crippen LogP contribution in [-0.4, -0.2) is 52.9 Å². The molecule has 1 aliphatic rings. The van der Waals surface area contributed by atoms with Crippen LogP contribution in [0, 0.1) is 5.92 Å². The van der Waals surface area contributed by atoms with Crippen LogP contribution in [0.4, 0.5) is 4.79 Å². The average molecular weight is 258 g/mol. The number of carboxylic acids is 1. The van der Waals surface area contributed by atoms with E-state index in [2.05, 4.69) is 5.32 Å². The Hall–Kier alpha value is -1.30. The zero-order valence-electron chi connectivity index (χ0n) is 10.8. The Kier molecular flexibility index (Phi) is 5.91. The topological polar surface area (TPSA) is 89.9 Å². The first-order valence-corrected chi connectivity index (χ1v) is 6.47. The van der Waals surface area contributed by atoms with E-state index in [9.17, 15) is 9.59 Å². The highest BCUT2D eigenvalue weighted by Crippen LogP contribution is 2.15. The first kappa shape index (κ1) is 14.8. The highest BCUT2D eigenvalue weighted by Gasteiger charge is 2.26. The first-order valence-electron chi connectivity index (χ1n) is 6.47. The number of carbonyl (C=O) groups excluding carboxylic acids is 1. The molecule has 18 heavy (non-hydrogen) atoms. The lowest BCUT2D eigenvalue weighted by molar-refractivity contribution is -0.139. The van der Waals surface area contributed by atoms with E-state index < -0.39 is 12.0 Å². The van der Waals surface area contributed by atoms with Gasteiger partial charge in [0.2, 0.25) is 0 Å². The number of urea groups is 1. The number of nitrogens with one attached hydrogen (secondary N) is 1. The highest BCUT2D eigenvalue weighted by atomic mass is 16.4. The van der Waals surface area contributed by atoms with Crippen LogP contribution >= 0.6 is 0 Å². The molecule has 0 radical (unpaired) electrons. The number of hydrogen-bond donors (Lipinski definition) is 3. The summed E-state index contributed by atoms with van der Waals surface area (Å²) in [7, 11) is 0. The number of aliphatic carboxylic acids is 1. The van der Waals surface area contributed by atoms with Crippen molar-refractivity contribution in [1.29, 1.82) is 0 Å². The fourth-order valence-corrected chi connectivity index (χ4v) is 2.18. The largest absolute Gasteiger partial charge is 0.480 e. The smallest absolute Gasteiger partial charge is 0.326 e. The predicted octanol–water partition coefficient (Wildman–Crippen LogP) is 0.654. The van der Waals surface area contributed by atoms with Gasteiger partial charge < -0.3 is 20.4 Å². The minimum absolute atomic E-state index is 0.0705. The van der Waals surface area contributed by atoms with E-state index >= 15 is 0 Å². The van der Waals surface area contributed by atoms with E-state index in [-0.39, 0.29) is 18.6 Å². The Balaban J connectivity index is 2.50. The number of piperidine rings is 1. The predicted molar refractivity (Wildman–Crippen MR) is 66.2 cm³/mol. The van der Waals surface area contributed by atoms with Gasteiger partial charge in [0.05, 0.1) is 0 Å². The number of carbonyl (C=O) groups is 2. The third-order valence-corrected chi connectivity index (χ3v) is 3.24. The number of rotatable bonds is 5. The number of nitrogens with zero attached hydrogens (tertiary/aromatic N) is 1. The van der Waals surface area contributed by atoms with Gasteiger partial charge in [0.15, 0.2) is 0 Å². The van der Waals surface area contributed by atoms with E-state index in [4.69, 9.17) is 10.2 Å². The molecule has 0 aromatic heterocycles. The number of carboxylic acid groups (broad SMARTS) is 1. The van der Waals surface area contributed by atoms with Crippen molar-refractivity contribution in [3.05, 3.63) is 0 Å². The molecule has 2 atom stereocenters. The van der Waals surface area contributed by atoms with Crippen molar-refractivity contribution in [3.8, 4) is 0 Å². The number of aliphatic hydroxyl groups excluding tert-OH is 1. The second kappa shape index (κ2) is 7.20. The summed E-state index contributed by atoms with van der Waals surface area (Å²) in [5.74, 6) is -0.889. The number of amides is 2. The molecule has 6 heteroatoms. The molecular formula is C12H22N2O4. The van der Waals surface area contributed by atoms with Crippen LogP contribution in [0.2, 0.25) is 0 Å². The summed E-state index contributed by atoms with van der Waals surface area (Å²) in [6, 6.07) is -1.16. The second-order valence-electron chi connectivity index (χ2n) is 4.77. The molecule has 3 N–H and O–H groups in total. The van der Waals surface area contributed by atoms with Gasteiger partial charge in [-0.15, -0.1) is 0 Å². The molecule has 0 saturated carbocycles. The zero-order chi connectivity index (χ0) is 13.5. The van der Waals surface area contributed by atoms with Crippen LogP contribution in [0.5, 0.6) is 0 Å². The van der Waals surface area contributed by atoms with Gasteiger partial charge in [-0.3, -0.25) is 0 Å². The van der Waals surface area contributed by atoms with Gasteiger partial charge >= 0.3 is 12.0 Å². The lowest BCUT2D eigenvalue weighted by Crippen LogP contribution is -2.51. The SMILES string of the molecule is CCC[C@@H](NC(=O)N1CCCC(CO)C1)C(=O)O. The number of aliphatic hydroxyl groups is 1. The minimum atomic E-state index is -0.999. The van der Waals surface area contributed by atoms with Crippen LogP contribution in [0.15, 0.2) is 0 Å². The Bertz CT molecular complexity index is 296. The molecule has 0 aliphatic carbocycles. The van der Waals surface area contributed by atoms with Gasteiger partial charge in [-0.25, -0.2) is 9.59 Å².